The number of pyridine rings is 1. The quantitative estimate of drug-likeness (QED) is 0.847. The number of aryl methyl sites for hydroxylation is 1. The highest BCUT2D eigenvalue weighted by Crippen LogP contribution is 2.17. The number of aromatic nitrogens is 3. The molecule has 0 aliphatic rings. The Labute approximate surface area is 126 Å². The van der Waals surface area contributed by atoms with Gasteiger partial charge in [-0.15, -0.1) is 0 Å². The lowest BCUT2D eigenvalue weighted by molar-refractivity contribution is 0.846. The van der Waals surface area contributed by atoms with Crippen molar-refractivity contribution in [3.05, 3.63) is 41.9 Å². The maximum absolute atomic E-state index is 4.61. The van der Waals surface area contributed by atoms with Crippen molar-refractivity contribution in [2.45, 2.75) is 26.7 Å². The number of hydrogen-bond acceptors (Lipinski definition) is 5. The summed E-state index contributed by atoms with van der Waals surface area (Å²) in [6.45, 7) is 5.98. The molecule has 0 saturated heterocycles. The van der Waals surface area contributed by atoms with Gasteiger partial charge in [-0.2, -0.15) is 4.98 Å². The van der Waals surface area contributed by atoms with Gasteiger partial charge in [-0.3, -0.25) is 4.98 Å². The highest BCUT2D eigenvalue weighted by molar-refractivity contribution is 5.48. The maximum atomic E-state index is 4.61. The number of likely N-dealkylation sites (N-methyl/N-ethyl adjacent to an activating group) is 1. The molecule has 2 heterocycles. The van der Waals surface area contributed by atoms with E-state index in [1.54, 1.807) is 0 Å². The summed E-state index contributed by atoms with van der Waals surface area (Å²) < 4.78 is 0. The summed E-state index contributed by atoms with van der Waals surface area (Å²) in [4.78, 5) is 15.2. The second kappa shape index (κ2) is 7.57. The fraction of sp³-hybridized carbons (Fsp3) is 0.438. The Morgan fingerprint density at radius 3 is 2.71 bits per heavy atom. The molecule has 0 unspecified atom stereocenters. The summed E-state index contributed by atoms with van der Waals surface area (Å²) in [5, 5.41) is 3.23. The van der Waals surface area contributed by atoms with Gasteiger partial charge in [0.05, 0.1) is 0 Å². The molecule has 0 aromatic carbocycles. The molecule has 5 heteroatoms. The first-order valence-electron chi connectivity index (χ1n) is 7.38. The van der Waals surface area contributed by atoms with Crippen LogP contribution in [0.1, 0.15) is 24.5 Å². The molecule has 0 atom stereocenters. The van der Waals surface area contributed by atoms with Crippen LogP contribution in [0.2, 0.25) is 0 Å². The van der Waals surface area contributed by atoms with Crippen LogP contribution in [0.3, 0.4) is 0 Å². The SMILES string of the molecule is CCCNc1ncc(C)c(N(C)CCc2ccncc2)n1. The number of nitrogens with one attached hydrogen (secondary N) is 1. The Morgan fingerprint density at radius 2 is 2.00 bits per heavy atom. The third kappa shape index (κ3) is 4.41. The van der Waals surface area contributed by atoms with Crippen LogP contribution >= 0.6 is 0 Å². The second-order valence-electron chi connectivity index (χ2n) is 5.15. The molecule has 0 bridgehead atoms. The van der Waals surface area contributed by atoms with Gasteiger partial charge in [0.2, 0.25) is 5.95 Å². The van der Waals surface area contributed by atoms with Crippen molar-refractivity contribution in [2.24, 2.45) is 0 Å². The lowest BCUT2D eigenvalue weighted by Gasteiger charge is -2.20. The minimum absolute atomic E-state index is 0.702. The standard InChI is InChI=1S/C16H23N5/c1-4-8-18-16-19-12-13(2)15(20-16)21(3)11-7-14-5-9-17-10-6-14/h5-6,9-10,12H,4,7-8,11H2,1-3H3,(H,18,19,20). The molecule has 0 fully saturated rings. The van der Waals surface area contributed by atoms with E-state index in [2.05, 4.69) is 51.3 Å². The summed E-state index contributed by atoms with van der Waals surface area (Å²) in [6.07, 6.45) is 7.57. The zero-order valence-electron chi connectivity index (χ0n) is 13.0. The van der Waals surface area contributed by atoms with Crippen LogP contribution in [0.25, 0.3) is 0 Å². The minimum Gasteiger partial charge on any atom is -0.359 e. The average molecular weight is 285 g/mol. The zero-order valence-corrected chi connectivity index (χ0v) is 13.0. The summed E-state index contributed by atoms with van der Waals surface area (Å²) in [5.41, 5.74) is 2.38. The molecular formula is C16H23N5. The lowest BCUT2D eigenvalue weighted by atomic mass is 10.2. The van der Waals surface area contributed by atoms with Gasteiger partial charge in [-0.1, -0.05) is 6.92 Å². The molecule has 1 N–H and O–H groups in total. The van der Waals surface area contributed by atoms with E-state index in [1.165, 1.54) is 5.56 Å². The molecule has 0 aliphatic heterocycles. The van der Waals surface area contributed by atoms with Crippen molar-refractivity contribution in [3.63, 3.8) is 0 Å². The van der Waals surface area contributed by atoms with Crippen LogP contribution in [0, 0.1) is 6.92 Å². The van der Waals surface area contributed by atoms with E-state index in [-0.39, 0.29) is 0 Å². The van der Waals surface area contributed by atoms with Gasteiger partial charge in [0, 0.05) is 44.3 Å². The van der Waals surface area contributed by atoms with Crippen molar-refractivity contribution in [1.29, 1.82) is 0 Å². The summed E-state index contributed by atoms with van der Waals surface area (Å²) in [7, 11) is 2.07. The van der Waals surface area contributed by atoms with E-state index < -0.39 is 0 Å². The van der Waals surface area contributed by atoms with E-state index in [0.29, 0.717) is 5.95 Å². The van der Waals surface area contributed by atoms with Crippen LogP contribution in [0.4, 0.5) is 11.8 Å². The van der Waals surface area contributed by atoms with Crippen LogP contribution in [0.15, 0.2) is 30.7 Å². The monoisotopic (exact) mass is 285 g/mol. The number of nitrogens with zero attached hydrogens (tertiary/aromatic N) is 4. The average Bonchev–Trinajstić information content (AvgIpc) is 2.53. The highest BCUT2D eigenvalue weighted by atomic mass is 15.2. The first-order valence-corrected chi connectivity index (χ1v) is 7.38. The molecule has 2 aromatic rings. The summed E-state index contributed by atoms with van der Waals surface area (Å²) >= 11 is 0. The number of anilines is 2. The minimum atomic E-state index is 0.702. The van der Waals surface area contributed by atoms with Crippen LogP contribution in [-0.4, -0.2) is 35.1 Å². The van der Waals surface area contributed by atoms with E-state index in [0.717, 1.165) is 37.3 Å². The van der Waals surface area contributed by atoms with Gasteiger partial charge in [-0.05, 0) is 37.5 Å². The van der Waals surface area contributed by atoms with Crippen molar-refractivity contribution >= 4 is 11.8 Å². The fourth-order valence-corrected chi connectivity index (χ4v) is 2.09. The van der Waals surface area contributed by atoms with Crippen LogP contribution in [0.5, 0.6) is 0 Å². The molecule has 0 aliphatic carbocycles. The van der Waals surface area contributed by atoms with Gasteiger partial charge >= 0.3 is 0 Å². The normalized spacial score (nSPS) is 10.4. The van der Waals surface area contributed by atoms with E-state index in [4.69, 9.17) is 0 Å². The maximum Gasteiger partial charge on any atom is 0.224 e. The molecule has 21 heavy (non-hydrogen) atoms. The first-order chi connectivity index (χ1) is 10.2. The Morgan fingerprint density at radius 1 is 1.24 bits per heavy atom. The zero-order chi connectivity index (χ0) is 15.1. The van der Waals surface area contributed by atoms with Crippen molar-refractivity contribution in [3.8, 4) is 0 Å². The summed E-state index contributed by atoms with van der Waals surface area (Å²) in [6, 6.07) is 4.10. The largest absolute Gasteiger partial charge is 0.359 e. The van der Waals surface area contributed by atoms with Crippen molar-refractivity contribution in [1.82, 2.24) is 15.0 Å². The molecular weight excluding hydrogens is 262 g/mol. The number of hydrogen-bond donors (Lipinski definition) is 1. The van der Waals surface area contributed by atoms with E-state index >= 15 is 0 Å². The van der Waals surface area contributed by atoms with Crippen molar-refractivity contribution in [2.75, 3.05) is 30.4 Å². The van der Waals surface area contributed by atoms with Gasteiger partial charge < -0.3 is 10.2 Å². The van der Waals surface area contributed by atoms with Gasteiger partial charge in [-0.25, -0.2) is 4.98 Å². The van der Waals surface area contributed by atoms with Gasteiger partial charge in [0.25, 0.3) is 0 Å². The van der Waals surface area contributed by atoms with Crippen molar-refractivity contribution < 1.29 is 0 Å². The molecule has 2 rings (SSSR count). The third-order valence-electron chi connectivity index (χ3n) is 3.32. The van der Waals surface area contributed by atoms with Crippen LogP contribution in [-0.2, 0) is 6.42 Å². The first kappa shape index (κ1) is 15.2. The molecule has 0 amide bonds. The molecule has 112 valence electrons. The highest BCUT2D eigenvalue weighted by Gasteiger charge is 2.08. The molecule has 0 radical (unpaired) electrons. The second-order valence-corrected chi connectivity index (χ2v) is 5.15. The Bertz CT molecular complexity index is 556. The fourth-order valence-electron chi connectivity index (χ4n) is 2.09. The molecule has 0 saturated carbocycles. The summed E-state index contributed by atoms with van der Waals surface area (Å²) in [5.74, 6) is 1.69. The Balaban J connectivity index is 2.02. The Hall–Kier alpha value is -2.17. The van der Waals surface area contributed by atoms with Gasteiger partial charge in [0.1, 0.15) is 5.82 Å². The smallest absolute Gasteiger partial charge is 0.224 e. The molecule has 0 spiro atoms. The van der Waals surface area contributed by atoms with E-state index in [9.17, 15) is 0 Å². The topological polar surface area (TPSA) is 53.9 Å². The lowest BCUT2D eigenvalue weighted by Crippen LogP contribution is -2.23. The predicted molar refractivity (Wildman–Crippen MR) is 86.8 cm³/mol. The molecule has 2 aromatic heterocycles. The van der Waals surface area contributed by atoms with Gasteiger partial charge in [0.15, 0.2) is 0 Å². The van der Waals surface area contributed by atoms with Crippen LogP contribution < -0.4 is 10.2 Å². The predicted octanol–water partition coefficient (Wildman–Crippen LogP) is 2.68. The third-order valence-corrected chi connectivity index (χ3v) is 3.32. The van der Waals surface area contributed by atoms with E-state index in [1.807, 2.05) is 25.5 Å². The molecule has 5 nitrogen and oxygen atoms in total. The number of rotatable bonds is 7. The Kier molecular flexibility index (Phi) is 5.49.